The summed E-state index contributed by atoms with van der Waals surface area (Å²) < 4.78 is 7.47. The van der Waals surface area contributed by atoms with Crippen molar-refractivity contribution in [3.05, 3.63) is 66.7 Å². The number of rotatable bonds is 9. The molecule has 0 aliphatic rings. The summed E-state index contributed by atoms with van der Waals surface area (Å²) in [6.07, 6.45) is 3.08. The van der Waals surface area contributed by atoms with Gasteiger partial charge in [-0.15, -0.1) is 0 Å². The molecule has 1 heterocycles. The first-order chi connectivity index (χ1) is 13.6. The van der Waals surface area contributed by atoms with Crippen LogP contribution in [0.5, 0.6) is 5.75 Å². The van der Waals surface area contributed by atoms with E-state index in [1.807, 2.05) is 44.4 Å². The average molecular weight is 379 g/mol. The second-order valence-electron chi connectivity index (χ2n) is 6.72. The Kier molecular flexibility index (Phi) is 6.75. The van der Waals surface area contributed by atoms with Crippen LogP contribution in [0.3, 0.4) is 0 Å². The Morgan fingerprint density at radius 1 is 1.14 bits per heavy atom. The number of ether oxygens (including phenoxy) is 1. The van der Waals surface area contributed by atoms with Crippen LogP contribution >= 0.6 is 0 Å². The molecule has 1 amide bonds. The number of amides is 1. The Hall–Kier alpha value is -3.19. The minimum absolute atomic E-state index is 0.0253. The minimum Gasteiger partial charge on any atom is -0.483 e. The molecular formula is C21H25N5O2. The molecule has 0 fully saturated rings. The molecule has 0 bridgehead atoms. The van der Waals surface area contributed by atoms with Gasteiger partial charge in [0.2, 0.25) is 0 Å². The summed E-state index contributed by atoms with van der Waals surface area (Å²) in [6.45, 7) is 1.75. The topological polar surface area (TPSA) is 72.3 Å². The lowest BCUT2D eigenvalue weighted by atomic mass is 10.0. The Bertz CT molecular complexity index is 879. The highest BCUT2D eigenvalue weighted by Gasteiger charge is 2.10. The number of hydrogen-bond acceptors (Lipinski definition) is 5. The van der Waals surface area contributed by atoms with E-state index in [0.717, 1.165) is 29.0 Å². The molecule has 7 nitrogen and oxygen atoms in total. The van der Waals surface area contributed by atoms with Gasteiger partial charge in [0.25, 0.3) is 5.91 Å². The van der Waals surface area contributed by atoms with Gasteiger partial charge < -0.3 is 15.0 Å². The molecular weight excluding hydrogens is 354 g/mol. The number of aromatic nitrogens is 3. The zero-order valence-corrected chi connectivity index (χ0v) is 16.2. The van der Waals surface area contributed by atoms with Crippen LogP contribution in [0.1, 0.15) is 5.56 Å². The summed E-state index contributed by atoms with van der Waals surface area (Å²) in [6, 6.07) is 16.3. The van der Waals surface area contributed by atoms with Crippen LogP contribution in [0, 0.1) is 0 Å². The normalized spacial score (nSPS) is 10.8. The van der Waals surface area contributed by atoms with Crippen molar-refractivity contribution in [2.24, 2.45) is 0 Å². The molecule has 0 spiro atoms. The lowest BCUT2D eigenvalue weighted by molar-refractivity contribution is -0.123. The maximum atomic E-state index is 12.1. The summed E-state index contributed by atoms with van der Waals surface area (Å²) in [5, 5.41) is 6.82. The predicted octanol–water partition coefficient (Wildman–Crippen LogP) is 2.20. The van der Waals surface area contributed by atoms with Gasteiger partial charge in [-0.3, -0.25) is 9.48 Å². The summed E-state index contributed by atoms with van der Waals surface area (Å²) in [7, 11) is 4.02. The van der Waals surface area contributed by atoms with E-state index in [0.29, 0.717) is 13.1 Å². The second-order valence-corrected chi connectivity index (χ2v) is 6.72. The number of carbonyl (C=O) groups is 1. The van der Waals surface area contributed by atoms with E-state index in [1.165, 1.54) is 6.33 Å². The molecule has 7 heteroatoms. The molecule has 3 rings (SSSR count). The van der Waals surface area contributed by atoms with Gasteiger partial charge in [0.05, 0.1) is 6.54 Å². The van der Waals surface area contributed by atoms with Crippen molar-refractivity contribution in [3.63, 3.8) is 0 Å². The number of nitrogens with zero attached hydrogens (tertiary/aromatic N) is 4. The van der Waals surface area contributed by atoms with E-state index >= 15 is 0 Å². The third-order valence-electron chi connectivity index (χ3n) is 4.14. The van der Waals surface area contributed by atoms with E-state index < -0.39 is 0 Å². The highest BCUT2D eigenvalue weighted by Crippen LogP contribution is 2.27. The first-order valence-electron chi connectivity index (χ1n) is 9.17. The highest BCUT2D eigenvalue weighted by atomic mass is 16.5. The minimum atomic E-state index is -0.164. The molecule has 0 saturated carbocycles. The summed E-state index contributed by atoms with van der Waals surface area (Å²) >= 11 is 0. The lowest BCUT2D eigenvalue weighted by Gasteiger charge is -2.16. The van der Waals surface area contributed by atoms with Gasteiger partial charge in [0.1, 0.15) is 18.4 Å². The Balaban J connectivity index is 1.61. The molecule has 0 radical (unpaired) electrons. The standard InChI is InChI=1S/C21H25N5O2/c1-25(2)13-19-12-18(17-6-4-3-5-7-17)8-9-20(19)28-14-21(27)23-10-11-26-16-22-15-24-26/h3-9,12,15-16H,10-11,13-14H2,1-2H3,(H,23,27). The maximum absolute atomic E-state index is 12.1. The Morgan fingerprint density at radius 2 is 1.96 bits per heavy atom. The quantitative estimate of drug-likeness (QED) is 0.617. The van der Waals surface area contributed by atoms with Gasteiger partial charge in [-0.1, -0.05) is 36.4 Å². The smallest absolute Gasteiger partial charge is 0.258 e. The molecule has 1 aromatic heterocycles. The van der Waals surface area contributed by atoms with Crippen molar-refractivity contribution in [1.29, 1.82) is 0 Å². The van der Waals surface area contributed by atoms with Gasteiger partial charge in [0.15, 0.2) is 6.61 Å². The average Bonchev–Trinajstić information content (AvgIpc) is 3.21. The van der Waals surface area contributed by atoms with Crippen molar-refractivity contribution in [2.75, 3.05) is 27.2 Å². The van der Waals surface area contributed by atoms with Crippen LogP contribution in [-0.2, 0) is 17.9 Å². The molecule has 2 aromatic carbocycles. The number of nitrogens with one attached hydrogen (secondary N) is 1. The van der Waals surface area contributed by atoms with E-state index in [2.05, 4.69) is 38.5 Å². The maximum Gasteiger partial charge on any atom is 0.258 e. The van der Waals surface area contributed by atoms with Gasteiger partial charge in [-0.2, -0.15) is 5.10 Å². The Labute approximate surface area is 165 Å². The fourth-order valence-corrected chi connectivity index (χ4v) is 2.85. The highest BCUT2D eigenvalue weighted by molar-refractivity contribution is 5.77. The zero-order chi connectivity index (χ0) is 19.8. The molecule has 0 aliphatic heterocycles. The monoisotopic (exact) mass is 379 g/mol. The van der Waals surface area contributed by atoms with Crippen molar-refractivity contribution in [3.8, 4) is 16.9 Å². The van der Waals surface area contributed by atoms with Crippen LogP contribution in [-0.4, -0.2) is 52.8 Å². The third kappa shape index (κ3) is 5.65. The number of benzene rings is 2. The molecule has 0 unspecified atom stereocenters. The van der Waals surface area contributed by atoms with Crippen LogP contribution in [0.2, 0.25) is 0 Å². The first-order valence-corrected chi connectivity index (χ1v) is 9.17. The Morgan fingerprint density at radius 3 is 2.68 bits per heavy atom. The van der Waals surface area contributed by atoms with E-state index in [4.69, 9.17) is 4.74 Å². The molecule has 3 aromatic rings. The molecule has 1 N–H and O–H groups in total. The third-order valence-corrected chi connectivity index (χ3v) is 4.14. The first kappa shape index (κ1) is 19.6. The van der Waals surface area contributed by atoms with Gasteiger partial charge in [0, 0.05) is 18.7 Å². The number of carbonyl (C=O) groups excluding carboxylic acids is 1. The van der Waals surface area contributed by atoms with Gasteiger partial charge in [-0.05, 0) is 37.4 Å². The van der Waals surface area contributed by atoms with E-state index in [-0.39, 0.29) is 12.5 Å². The van der Waals surface area contributed by atoms with Gasteiger partial charge >= 0.3 is 0 Å². The van der Waals surface area contributed by atoms with Crippen molar-refractivity contribution in [1.82, 2.24) is 25.0 Å². The van der Waals surface area contributed by atoms with Crippen molar-refractivity contribution >= 4 is 5.91 Å². The molecule has 0 saturated heterocycles. The molecule has 28 heavy (non-hydrogen) atoms. The fraction of sp³-hybridized carbons (Fsp3) is 0.286. The van der Waals surface area contributed by atoms with E-state index in [9.17, 15) is 4.79 Å². The molecule has 146 valence electrons. The van der Waals surface area contributed by atoms with Crippen molar-refractivity contribution < 1.29 is 9.53 Å². The lowest BCUT2D eigenvalue weighted by Crippen LogP contribution is -2.31. The van der Waals surface area contributed by atoms with Crippen LogP contribution < -0.4 is 10.1 Å². The van der Waals surface area contributed by atoms with Crippen molar-refractivity contribution in [2.45, 2.75) is 13.1 Å². The van der Waals surface area contributed by atoms with Crippen LogP contribution in [0.4, 0.5) is 0 Å². The van der Waals surface area contributed by atoms with E-state index in [1.54, 1.807) is 11.0 Å². The number of hydrogen-bond donors (Lipinski definition) is 1. The summed E-state index contributed by atoms with van der Waals surface area (Å²) in [4.78, 5) is 18.0. The SMILES string of the molecule is CN(C)Cc1cc(-c2ccccc2)ccc1OCC(=O)NCCn1cncn1. The van der Waals surface area contributed by atoms with Crippen LogP contribution in [0.15, 0.2) is 61.2 Å². The fourth-order valence-electron chi connectivity index (χ4n) is 2.85. The molecule has 0 aliphatic carbocycles. The van der Waals surface area contributed by atoms with Crippen LogP contribution in [0.25, 0.3) is 11.1 Å². The second kappa shape index (κ2) is 9.66. The molecule has 0 atom stereocenters. The zero-order valence-electron chi connectivity index (χ0n) is 16.2. The summed E-state index contributed by atoms with van der Waals surface area (Å²) in [5.74, 6) is 0.558. The summed E-state index contributed by atoms with van der Waals surface area (Å²) in [5.41, 5.74) is 3.32. The van der Waals surface area contributed by atoms with Gasteiger partial charge in [-0.25, -0.2) is 4.98 Å². The predicted molar refractivity (Wildman–Crippen MR) is 108 cm³/mol. The largest absolute Gasteiger partial charge is 0.483 e.